The Balaban J connectivity index is 2.29. The monoisotopic (exact) mass is 240 g/mol. The van der Waals surface area contributed by atoms with E-state index in [9.17, 15) is 14.0 Å². The third-order valence-electron chi connectivity index (χ3n) is 2.70. The van der Waals surface area contributed by atoms with Crippen LogP contribution in [-0.2, 0) is 9.59 Å². The summed E-state index contributed by atoms with van der Waals surface area (Å²) in [6.07, 6.45) is 0.608. The van der Waals surface area contributed by atoms with Gasteiger partial charge in [-0.1, -0.05) is 11.6 Å². The molecule has 0 bridgehead atoms. The third kappa shape index (κ3) is 2.47. The summed E-state index contributed by atoms with van der Waals surface area (Å²) in [6, 6.07) is 4.15. The molecule has 1 fully saturated rings. The first-order valence-electron chi connectivity index (χ1n) is 5.04. The second-order valence-corrected chi connectivity index (χ2v) is 4.50. The van der Waals surface area contributed by atoms with Crippen LogP contribution in [-0.4, -0.2) is 11.6 Å². The summed E-state index contributed by atoms with van der Waals surface area (Å²) in [6.45, 7) is 0. The molecule has 1 saturated carbocycles. The second-order valence-electron chi connectivity index (χ2n) is 4.06. The van der Waals surface area contributed by atoms with E-state index in [1.54, 1.807) is 6.07 Å². The fraction of sp³-hybridized carbons (Fsp3) is 0.333. The highest BCUT2D eigenvalue weighted by molar-refractivity contribution is 6.30. The van der Waals surface area contributed by atoms with Gasteiger partial charge in [0, 0.05) is 17.9 Å². The van der Waals surface area contributed by atoms with Gasteiger partial charge < -0.3 is 0 Å². The number of carbonyl (C=O) groups is 2. The molecular weight excluding hydrogens is 231 g/mol. The Bertz CT molecular complexity index is 420. The van der Waals surface area contributed by atoms with Gasteiger partial charge in [0.15, 0.2) is 0 Å². The highest BCUT2D eigenvalue weighted by atomic mass is 35.5. The lowest BCUT2D eigenvalue weighted by atomic mass is 9.83. The van der Waals surface area contributed by atoms with Crippen molar-refractivity contribution >= 4 is 23.2 Å². The van der Waals surface area contributed by atoms with Crippen LogP contribution < -0.4 is 0 Å². The molecule has 0 aliphatic heterocycles. The zero-order chi connectivity index (χ0) is 11.7. The maximum atomic E-state index is 13.1. The van der Waals surface area contributed by atoms with E-state index in [0.29, 0.717) is 23.4 Å². The van der Waals surface area contributed by atoms with Crippen LogP contribution in [0, 0.1) is 5.82 Å². The number of carbonyl (C=O) groups excluding carboxylic acids is 2. The average molecular weight is 241 g/mol. The molecule has 0 aromatic heterocycles. The van der Waals surface area contributed by atoms with E-state index in [-0.39, 0.29) is 23.9 Å². The molecule has 4 heteroatoms. The Kier molecular flexibility index (Phi) is 3.06. The van der Waals surface area contributed by atoms with E-state index in [4.69, 9.17) is 11.6 Å². The maximum absolute atomic E-state index is 13.1. The van der Waals surface area contributed by atoms with Gasteiger partial charge in [-0.25, -0.2) is 4.39 Å². The Labute approximate surface area is 97.4 Å². The Morgan fingerprint density at radius 3 is 2.31 bits per heavy atom. The SMILES string of the molecule is O=C1CC(=O)CC(c2cc(F)cc(Cl)c2)C1. The van der Waals surface area contributed by atoms with Crippen molar-refractivity contribution in [3.8, 4) is 0 Å². The first-order valence-corrected chi connectivity index (χ1v) is 5.42. The van der Waals surface area contributed by atoms with Crippen LogP contribution >= 0.6 is 11.6 Å². The van der Waals surface area contributed by atoms with Gasteiger partial charge in [0.1, 0.15) is 17.4 Å². The van der Waals surface area contributed by atoms with Crippen LogP contribution in [0.25, 0.3) is 0 Å². The van der Waals surface area contributed by atoms with Crippen LogP contribution in [0.15, 0.2) is 18.2 Å². The highest BCUT2D eigenvalue weighted by Gasteiger charge is 2.26. The number of benzene rings is 1. The van der Waals surface area contributed by atoms with Crippen LogP contribution in [0.3, 0.4) is 0 Å². The second kappa shape index (κ2) is 4.34. The van der Waals surface area contributed by atoms with Gasteiger partial charge in [-0.15, -0.1) is 0 Å². The first-order chi connectivity index (χ1) is 7.54. The largest absolute Gasteiger partial charge is 0.299 e. The molecule has 0 saturated heterocycles. The lowest BCUT2D eigenvalue weighted by molar-refractivity contribution is -0.130. The van der Waals surface area contributed by atoms with Crippen molar-refractivity contribution in [2.45, 2.75) is 25.2 Å². The fourth-order valence-corrected chi connectivity index (χ4v) is 2.26. The van der Waals surface area contributed by atoms with Crippen molar-refractivity contribution < 1.29 is 14.0 Å². The van der Waals surface area contributed by atoms with Gasteiger partial charge in [0.2, 0.25) is 0 Å². The zero-order valence-corrected chi connectivity index (χ0v) is 9.26. The van der Waals surface area contributed by atoms with Crippen molar-refractivity contribution in [2.24, 2.45) is 0 Å². The quantitative estimate of drug-likeness (QED) is 0.708. The standard InChI is InChI=1S/C12H10ClFO2/c13-9-1-7(2-10(14)5-9)8-3-11(15)6-12(16)4-8/h1-2,5,8H,3-4,6H2. The molecule has 2 nitrogen and oxygen atoms in total. The fourth-order valence-electron chi connectivity index (χ4n) is 2.03. The molecule has 0 unspecified atom stereocenters. The molecule has 2 rings (SSSR count). The molecular formula is C12H10ClFO2. The normalized spacial score (nSPS) is 17.9. The third-order valence-corrected chi connectivity index (χ3v) is 2.92. The van der Waals surface area contributed by atoms with Crippen molar-refractivity contribution in [2.75, 3.05) is 0 Å². The van der Waals surface area contributed by atoms with Gasteiger partial charge in [-0.2, -0.15) is 0 Å². The lowest BCUT2D eigenvalue weighted by Gasteiger charge is -2.20. The molecule has 84 valence electrons. The molecule has 16 heavy (non-hydrogen) atoms. The molecule has 1 aromatic rings. The summed E-state index contributed by atoms with van der Waals surface area (Å²) in [5.74, 6) is -0.821. The van der Waals surface area contributed by atoms with Crippen molar-refractivity contribution in [3.63, 3.8) is 0 Å². The Morgan fingerprint density at radius 1 is 1.12 bits per heavy atom. The number of halogens is 2. The summed E-state index contributed by atoms with van der Waals surface area (Å²) in [7, 11) is 0. The summed E-state index contributed by atoms with van der Waals surface area (Å²) in [5.41, 5.74) is 0.631. The smallest absolute Gasteiger partial charge is 0.140 e. The number of Topliss-reactive ketones (excluding diaryl/α,β-unsaturated/α-hetero) is 2. The van der Waals surface area contributed by atoms with Gasteiger partial charge in [0.25, 0.3) is 0 Å². The van der Waals surface area contributed by atoms with Crippen molar-refractivity contribution in [1.82, 2.24) is 0 Å². The summed E-state index contributed by atoms with van der Waals surface area (Å²) in [5, 5.41) is 0.292. The predicted octanol–water partition coefficient (Wildman–Crippen LogP) is 2.88. The summed E-state index contributed by atoms with van der Waals surface area (Å²) in [4.78, 5) is 22.6. The van der Waals surface area contributed by atoms with E-state index >= 15 is 0 Å². The molecule has 1 aliphatic carbocycles. The molecule has 0 N–H and O–H groups in total. The van der Waals surface area contributed by atoms with Crippen LogP contribution in [0.4, 0.5) is 4.39 Å². The van der Waals surface area contributed by atoms with Gasteiger partial charge in [-0.3, -0.25) is 9.59 Å². The first kappa shape index (κ1) is 11.3. The number of ketones is 2. The maximum Gasteiger partial charge on any atom is 0.140 e. The predicted molar refractivity (Wildman–Crippen MR) is 58.0 cm³/mol. The minimum absolute atomic E-state index is 0.0134. The van der Waals surface area contributed by atoms with Gasteiger partial charge in [0.05, 0.1) is 6.42 Å². The Hall–Kier alpha value is -1.22. The summed E-state index contributed by atoms with van der Waals surface area (Å²) < 4.78 is 13.1. The number of hydrogen-bond acceptors (Lipinski definition) is 2. The van der Waals surface area contributed by atoms with Crippen LogP contribution in [0.2, 0.25) is 5.02 Å². The number of hydrogen-bond donors (Lipinski definition) is 0. The van der Waals surface area contributed by atoms with E-state index in [2.05, 4.69) is 0 Å². The van der Waals surface area contributed by atoms with Crippen LogP contribution in [0.1, 0.15) is 30.7 Å². The average Bonchev–Trinajstić information content (AvgIpc) is 2.14. The molecule has 0 radical (unpaired) electrons. The zero-order valence-electron chi connectivity index (χ0n) is 8.50. The van der Waals surface area contributed by atoms with Gasteiger partial charge >= 0.3 is 0 Å². The van der Waals surface area contributed by atoms with Crippen molar-refractivity contribution in [3.05, 3.63) is 34.6 Å². The minimum atomic E-state index is -0.437. The molecule has 0 amide bonds. The minimum Gasteiger partial charge on any atom is -0.299 e. The van der Waals surface area contributed by atoms with Gasteiger partial charge in [-0.05, 0) is 29.7 Å². The van der Waals surface area contributed by atoms with Crippen molar-refractivity contribution in [1.29, 1.82) is 0 Å². The lowest BCUT2D eigenvalue weighted by Crippen LogP contribution is -2.21. The van der Waals surface area contributed by atoms with Crippen LogP contribution in [0.5, 0.6) is 0 Å². The number of rotatable bonds is 1. The topological polar surface area (TPSA) is 34.1 Å². The van der Waals surface area contributed by atoms with E-state index in [1.807, 2.05) is 0 Å². The molecule has 0 heterocycles. The molecule has 0 atom stereocenters. The van der Waals surface area contributed by atoms with E-state index in [1.165, 1.54) is 12.1 Å². The molecule has 1 aliphatic rings. The Morgan fingerprint density at radius 2 is 1.75 bits per heavy atom. The molecule has 0 spiro atoms. The molecule has 1 aromatic carbocycles. The summed E-state index contributed by atoms with van der Waals surface area (Å²) >= 11 is 5.73. The van der Waals surface area contributed by atoms with E-state index < -0.39 is 5.82 Å². The van der Waals surface area contributed by atoms with E-state index in [0.717, 1.165) is 0 Å². The highest BCUT2D eigenvalue weighted by Crippen LogP contribution is 2.31.